The molecule has 7 nitrogen and oxygen atoms in total. The minimum absolute atomic E-state index is 0.0206. The van der Waals surface area contributed by atoms with Crippen molar-refractivity contribution in [1.29, 1.82) is 0 Å². The normalized spacial score (nSPS) is 11.5. The fraction of sp³-hybridized carbons (Fsp3) is 0.0769. The molecule has 174 valence electrons. The Bertz CT molecular complexity index is 1690. The van der Waals surface area contributed by atoms with Gasteiger partial charge in [-0.3, -0.25) is 9.59 Å². The lowest BCUT2D eigenvalue weighted by Gasteiger charge is -2.08. The van der Waals surface area contributed by atoms with Crippen LogP contribution in [0.4, 0.5) is 10.1 Å². The van der Waals surface area contributed by atoms with E-state index in [1.807, 2.05) is 30.3 Å². The summed E-state index contributed by atoms with van der Waals surface area (Å²) in [5, 5.41) is 8.33. The van der Waals surface area contributed by atoms with Crippen molar-refractivity contribution in [2.75, 3.05) is 5.32 Å². The molecule has 0 unspecified atom stereocenters. The molecule has 0 bridgehead atoms. The van der Waals surface area contributed by atoms with E-state index in [9.17, 15) is 14.0 Å². The third-order valence-corrected chi connectivity index (χ3v) is 6.06. The molecule has 0 fully saturated rings. The van der Waals surface area contributed by atoms with Crippen LogP contribution in [0.1, 0.15) is 11.4 Å². The molecule has 1 amide bonds. The Kier molecular flexibility index (Phi) is 6.00. The second-order valence-corrected chi connectivity index (χ2v) is 8.86. The Labute approximate surface area is 207 Å². The third kappa shape index (κ3) is 4.50. The number of halogens is 2. The summed E-state index contributed by atoms with van der Waals surface area (Å²) in [6, 6.07) is 18.9. The van der Waals surface area contributed by atoms with Gasteiger partial charge < -0.3 is 9.88 Å². The van der Waals surface area contributed by atoms with E-state index in [1.165, 1.54) is 16.8 Å². The van der Waals surface area contributed by atoms with Crippen LogP contribution in [-0.4, -0.2) is 26.3 Å². The molecular weight excluding hydrogens is 513 g/mol. The zero-order chi connectivity index (χ0) is 24.5. The maximum atomic E-state index is 13.9. The van der Waals surface area contributed by atoms with E-state index in [2.05, 4.69) is 31.3 Å². The third-order valence-electron chi connectivity index (χ3n) is 5.56. The minimum atomic E-state index is -0.497. The zero-order valence-electron chi connectivity index (χ0n) is 18.6. The lowest BCUT2D eigenvalue weighted by atomic mass is 10.2. The number of carbonyl (C=O) groups is 1. The highest BCUT2D eigenvalue weighted by molar-refractivity contribution is 9.10. The number of rotatable bonds is 5. The summed E-state index contributed by atoms with van der Waals surface area (Å²) in [6.45, 7) is 1.70. The van der Waals surface area contributed by atoms with E-state index in [0.29, 0.717) is 16.7 Å². The lowest BCUT2D eigenvalue weighted by molar-refractivity contribution is -0.116. The average molecular weight is 532 g/mol. The first kappa shape index (κ1) is 22.7. The standard InChI is InChI=1S/C26H19BrFN5O2/c1-16-30-22-11-10-18(27)12-20(22)26(35)33(16)29-13-17-14-32(24-9-5-2-6-19(17)24)15-25(34)31-23-8-4-3-7-21(23)28/h2-14H,15H2,1H3,(H,31,34). The van der Waals surface area contributed by atoms with E-state index in [4.69, 9.17) is 0 Å². The molecule has 9 heteroatoms. The lowest BCUT2D eigenvalue weighted by Crippen LogP contribution is -2.20. The first-order valence-corrected chi connectivity index (χ1v) is 11.6. The van der Waals surface area contributed by atoms with Gasteiger partial charge in [-0.1, -0.05) is 46.3 Å². The molecular formula is C26H19BrFN5O2. The average Bonchev–Trinajstić information content (AvgIpc) is 3.18. The second-order valence-electron chi connectivity index (χ2n) is 7.94. The van der Waals surface area contributed by atoms with Gasteiger partial charge in [-0.25, -0.2) is 9.37 Å². The van der Waals surface area contributed by atoms with Gasteiger partial charge in [0.2, 0.25) is 5.91 Å². The number of nitrogens with zero attached hydrogens (tertiary/aromatic N) is 4. The first-order valence-electron chi connectivity index (χ1n) is 10.8. The van der Waals surface area contributed by atoms with Crippen LogP contribution in [0.3, 0.4) is 0 Å². The molecule has 0 radical (unpaired) electrons. The fourth-order valence-electron chi connectivity index (χ4n) is 3.93. The minimum Gasteiger partial charge on any atom is -0.337 e. The number of hydrogen-bond donors (Lipinski definition) is 1. The van der Waals surface area contributed by atoms with Crippen molar-refractivity contribution in [3.05, 3.63) is 105 Å². The van der Waals surface area contributed by atoms with Crippen LogP contribution in [0.25, 0.3) is 21.8 Å². The van der Waals surface area contributed by atoms with Gasteiger partial charge in [-0.2, -0.15) is 9.78 Å². The quantitative estimate of drug-likeness (QED) is 0.321. The zero-order valence-corrected chi connectivity index (χ0v) is 20.2. The van der Waals surface area contributed by atoms with Gasteiger partial charge in [-0.05, 0) is 43.3 Å². The molecule has 0 atom stereocenters. The number of aryl methyl sites for hydroxylation is 1. The van der Waals surface area contributed by atoms with E-state index in [1.54, 1.807) is 48.2 Å². The maximum absolute atomic E-state index is 13.9. The Balaban J connectivity index is 1.49. The summed E-state index contributed by atoms with van der Waals surface area (Å²) in [5.74, 6) is -0.410. The number of carbonyl (C=O) groups excluding carboxylic acids is 1. The highest BCUT2D eigenvalue weighted by atomic mass is 79.9. The van der Waals surface area contributed by atoms with Crippen LogP contribution in [0.15, 0.2) is 87.3 Å². The van der Waals surface area contributed by atoms with Crippen LogP contribution in [0.5, 0.6) is 0 Å². The highest BCUT2D eigenvalue weighted by Gasteiger charge is 2.13. The topological polar surface area (TPSA) is 81.3 Å². The van der Waals surface area contributed by atoms with Gasteiger partial charge in [0.05, 0.1) is 22.8 Å². The van der Waals surface area contributed by atoms with Crippen LogP contribution >= 0.6 is 15.9 Å². The SMILES string of the molecule is Cc1nc2ccc(Br)cc2c(=O)n1N=Cc1cn(CC(=O)Nc2ccccc2F)c2ccccc12. The Hall–Kier alpha value is -4.11. The first-order chi connectivity index (χ1) is 16.9. The maximum Gasteiger partial charge on any atom is 0.282 e. The Morgan fingerprint density at radius 3 is 2.71 bits per heavy atom. The Morgan fingerprint density at radius 1 is 1.11 bits per heavy atom. The summed E-state index contributed by atoms with van der Waals surface area (Å²) in [4.78, 5) is 30.1. The summed E-state index contributed by atoms with van der Waals surface area (Å²) in [6.07, 6.45) is 3.36. The largest absolute Gasteiger partial charge is 0.337 e. The smallest absolute Gasteiger partial charge is 0.282 e. The van der Waals surface area contributed by atoms with Crippen molar-refractivity contribution in [3.63, 3.8) is 0 Å². The van der Waals surface area contributed by atoms with E-state index in [0.717, 1.165) is 20.9 Å². The van der Waals surface area contributed by atoms with Crippen molar-refractivity contribution >= 4 is 55.5 Å². The molecule has 0 aliphatic heterocycles. The number of anilines is 1. The number of amides is 1. The van der Waals surface area contributed by atoms with E-state index < -0.39 is 5.82 Å². The van der Waals surface area contributed by atoms with Gasteiger partial charge >= 0.3 is 0 Å². The summed E-state index contributed by atoms with van der Waals surface area (Å²) in [5.41, 5.74) is 1.97. The van der Waals surface area contributed by atoms with Gasteiger partial charge in [0.25, 0.3) is 5.56 Å². The number of fused-ring (bicyclic) bond motifs is 2. The molecule has 5 rings (SSSR count). The predicted molar refractivity (Wildman–Crippen MR) is 138 cm³/mol. The fourth-order valence-corrected chi connectivity index (χ4v) is 4.29. The number of para-hydroxylation sites is 2. The monoisotopic (exact) mass is 531 g/mol. The van der Waals surface area contributed by atoms with Crippen molar-refractivity contribution in [1.82, 2.24) is 14.2 Å². The number of aromatic nitrogens is 3. The summed E-state index contributed by atoms with van der Waals surface area (Å²) in [7, 11) is 0. The Morgan fingerprint density at radius 2 is 1.89 bits per heavy atom. The number of benzene rings is 3. The van der Waals surface area contributed by atoms with Crippen LogP contribution in [-0.2, 0) is 11.3 Å². The molecule has 5 aromatic rings. The van der Waals surface area contributed by atoms with Gasteiger partial charge in [0.1, 0.15) is 18.2 Å². The van der Waals surface area contributed by atoms with Gasteiger partial charge in [0, 0.05) is 27.1 Å². The summed E-state index contributed by atoms with van der Waals surface area (Å²) < 4.78 is 17.7. The molecule has 35 heavy (non-hydrogen) atoms. The molecule has 0 aliphatic rings. The van der Waals surface area contributed by atoms with Crippen LogP contribution < -0.4 is 10.9 Å². The van der Waals surface area contributed by atoms with Crippen LogP contribution in [0.2, 0.25) is 0 Å². The van der Waals surface area contributed by atoms with Crippen molar-refractivity contribution in [2.45, 2.75) is 13.5 Å². The van der Waals surface area contributed by atoms with Gasteiger partial charge in [0.15, 0.2) is 0 Å². The number of nitrogens with one attached hydrogen (secondary N) is 1. The number of hydrogen-bond acceptors (Lipinski definition) is 4. The van der Waals surface area contributed by atoms with Gasteiger partial charge in [-0.15, -0.1) is 0 Å². The van der Waals surface area contributed by atoms with Crippen molar-refractivity contribution < 1.29 is 9.18 Å². The second kappa shape index (κ2) is 9.27. The van der Waals surface area contributed by atoms with Crippen molar-refractivity contribution in [3.8, 4) is 0 Å². The molecule has 2 aromatic heterocycles. The molecule has 0 saturated carbocycles. The van der Waals surface area contributed by atoms with E-state index >= 15 is 0 Å². The molecule has 0 spiro atoms. The van der Waals surface area contributed by atoms with E-state index in [-0.39, 0.29) is 23.7 Å². The van der Waals surface area contributed by atoms with Crippen LogP contribution in [0, 0.1) is 12.7 Å². The molecule has 0 aliphatic carbocycles. The molecule has 0 saturated heterocycles. The molecule has 2 heterocycles. The predicted octanol–water partition coefficient (Wildman–Crippen LogP) is 5.08. The highest BCUT2D eigenvalue weighted by Crippen LogP contribution is 2.21. The summed E-state index contributed by atoms with van der Waals surface area (Å²) >= 11 is 3.39. The van der Waals surface area contributed by atoms with Crippen molar-refractivity contribution in [2.24, 2.45) is 5.10 Å². The molecule has 3 aromatic carbocycles. The molecule has 1 N–H and O–H groups in total.